The zero-order valence-electron chi connectivity index (χ0n) is 20.6. The predicted molar refractivity (Wildman–Crippen MR) is 142 cm³/mol. The van der Waals surface area contributed by atoms with Gasteiger partial charge >= 0.3 is 0 Å². The molecule has 0 aromatic heterocycles. The van der Waals surface area contributed by atoms with E-state index in [0.29, 0.717) is 23.7 Å². The molecular formula is C28H31N5O3. The molecule has 8 heteroatoms. The number of ether oxygens (including phenoxy) is 2. The second kappa shape index (κ2) is 9.54. The SMILES string of the molecule is CC1Oc2ccc(NC(C)c3ccc(CC(N)c4ccc5c(c4)N=C(N)C(C)O5)cc3)cc2NC1=O. The Morgan fingerprint density at radius 2 is 1.67 bits per heavy atom. The fraction of sp³-hybridized carbons (Fsp3) is 0.286. The molecule has 8 nitrogen and oxygen atoms in total. The molecule has 3 aromatic carbocycles. The van der Waals surface area contributed by atoms with E-state index in [-0.39, 0.29) is 24.1 Å². The summed E-state index contributed by atoms with van der Waals surface area (Å²) in [6.07, 6.45) is -0.0158. The molecule has 0 saturated heterocycles. The second-order valence-corrected chi connectivity index (χ2v) is 9.40. The van der Waals surface area contributed by atoms with Crippen molar-refractivity contribution in [2.75, 3.05) is 10.6 Å². The minimum Gasteiger partial charge on any atom is -0.481 e. The number of aliphatic imine (C=N–C) groups is 1. The van der Waals surface area contributed by atoms with Crippen LogP contribution in [-0.2, 0) is 11.2 Å². The van der Waals surface area contributed by atoms with Crippen molar-refractivity contribution in [2.24, 2.45) is 16.5 Å². The maximum atomic E-state index is 11.9. The fourth-order valence-corrected chi connectivity index (χ4v) is 4.38. The number of nitrogens with zero attached hydrogens (tertiary/aromatic N) is 1. The van der Waals surface area contributed by atoms with E-state index in [1.54, 1.807) is 6.92 Å². The van der Waals surface area contributed by atoms with Gasteiger partial charge in [-0.2, -0.15) is 0 Å². The summed E-state index contributed by atoms with van der Waals surface area (Å²) in [7, 11) is 0. The number of carbonyl (C=O) groups excluding carboxylic acids is 1. The molecule has 0 saturated carbocycles. The van der Waals surface area contributed by atoms with Gasteiger partial charge in [0.15, 0.2) is 12.2 Å². The van der Waals surface area contributed by atoms with Crippen LogP contribution in [0.3, 0.4) is 0 Å². The number of nitrogens with two attached hydrogens (primary N) is 2. The number of carbonyl (C=O) groups is 1. The van der Waals surface area contributed by atoms with Crippen molar-refractivity contribution in [1.82, 2.24) is 0 Å². The standard InChI is InChI=1S/C28H31N5O3/c1-15(31-21-9-11-26-24(14-21)33-28(34)17(3)36-26)19-6-4-18(5-7-19)12-22(29)20-8-10-25-23(13-20)32-27(30)16(2)35-25/h4-11,13-17,22,31H,12,29H2,1-3H3,(H2,30,32)(H,33,34). The molecule has 186 valence electrons. The van der Waals surface area contributed by atoms with Gasteiger partial charge in [0.05, 0.1) is 5.69 Å². The first-order valence-corrected chi connectivity index (χ1v) is 12.1. The lowest BCUT2D eigenvalue weighted by atomic mass is 9.97. The number of anilines is 2. The van der Waals surface area contributed by atoms with Crippen LogP contribution in [0.1, 0.15) is 49.5 Å². The minimum atomic E-state index is -0.487. The summed E-state index contributed by atoms with van der Waals surface area (Å²) < 4.78 is 11.4. The van der Waals surface area contributed by atoms with Crippen LogP contribution in [0.5, 0.6) is 11.5 Å². The molecule has 5 rings (SSSR count). The first-order chi connectivity index (χ1) is 17.3. The Hall–Kier alpha value is -4.04. The number of rotatable bonds is 6. The molecule has 2 aliphatic rings. The molecule has 6 N–H and O–H groups in total. The first kappa shape index (κ1) is 23.7. The third-order valence-electron chi connectivity index (χ3n) is 6.61. The van der Waals surface area contributed by atoms with Gasteiger partial charge in [-0.3, -0.25) is 4.79 Å². The maximum absolute atomic E-state index is 11.9. The van der Waals surface area contributed by atoms with Crippen LogP contribution < -0.4 is 31.6 Å². The normalized spacial score (nSPS) is 20.0. The number of benzene rings is 3. The number of amidine groups is 1. The van der Waals surface area contributed by atoms with Gasteiger partial charge in [-0.15, -0.1) is 0 Å². The number of hydrogen-bond acceptors (Lipinski definition) is 7. The van der Waals surface area contributed by atoms with Crippen molar-refractivity contribution in [1.29, 1.82) is 0 Å². The number of fused-ring (bicyclic) bond motifs is 2. The molecule has 36 heavy (non-hydrogen) atoms. The molecule has 2 heterocycles. The van der Waals surface area contributed by atoms with Crippen molar-refractivity contribution in [2.45, 2.75) is 51.5 Å². The fourth-order valence-electron chi connectivity index (χ4n) is 4.38. The highest BCUT2D eigenvalue weighted by Crippen LogP contribution is 2.35. The third kappa shape index (κ3) is 4.85. The van der Waals surface area contributed by atoms with Gasteiger partial charge in [0, 0.05) is 17.8 Å². The maximum Gasteiger partial charge on any atom is 0.265 e. The molecule has 0 radical (unpaired) electrons. The van der Waals surface area contributed by atoms with E-state index in [2.05, 4.69) is 46.8 Å². The topological polar surface area (TPSA) is 124 Å². The van der Waals surface area contributed by atoms with Crippen molar-refractivity contribution in [3.63, 3.8) is 0 Å². The quantitative estimate of drug-likeness (QED) is 0.405. The van der Waals surface area contributed by atoms with Gasteiger partial charge in [-0.1, -0.05) is 30.3 Å². The van der Waals surface area contributed by atoms with Gasteiger partial charge < -0.3 is 31.6 Å². The van der Waals surface area contributed by atoms with Crippen LogP contribution in [0.4, 0.5) is 17.1 Å². The summed E-state index contributed by atoms with van der Waals surface area (Å²) in [6, 6.07) is 19.9. The zero-order valence-corrected chi connectivity index (χ0v) is 20.6. The Labute approximate surface area is 210 Å². The molecule has 0 spiro atoms. The minimum absolute atomic E-state index is 0.0660. The van der Waals surface area contributed by atoms with E-state index in [4.69, 9.17) is 20.9 Å². The highest BCUT2D eigenvalue weighted by Gasteiger charge is 2.24. The Balaban J connectivity index is 1.23. The molecule has 0 aliphatic carbocycles. The van der Waals surface area contributed by atoms with Crippen LogP contribution in [-0.4, -0.2) is 24.0 Å². The van der Waals surface area contributed by atoms with Crippen molar-refractivity contribution in [3.8, 4) is 11.5 Å². The van der Waals surface area contributed by atoms with E-state index >= 15 is 0 Å². The lowest BCUT2D eigenvalue weighted by Crippen LogP contribution is -2.34. The Kier molecular flexibility index (Phi) is 6.28. The third-order valence-corrected chi connectivity index (χ3v) is 6.61. The average molecular weight is 486 g/mol. The van der Waals surface area contributed by atoms with E-state index in [1.807, 2.05) is 43.3 Å². The summed E-state index contributed by atoms with van der Waals surface area (Å²) in [5.74, 6) is 1.73. The van der Waals surface area contributed by atoms with Gasteiger partial charge in [0.2, 0.25) is 0 Å². The largest absolute Gasteiger partial charge is 0.481 e. The zero-order chi connectivity index (χ0) is 25.4. The lowest BCUT2D eigenvalue weighted by molar-refractivity contribution is -0.122. The molecule has 1 amide bonds. The molecule has 4 atom stereocenters. The summed E-state index contributed by atoms with van der Waals surface area (Å²) in [6.45, 7) is 5.71. The number of amides is 1. The summed E-state index contributed by atoms with van der Waals surface area (Å²) in [5, 5.41) is 6.38. The highest BCUT2D eigenvalue weighted by molar-refractivity contribution is 5.98. The Morgan fingerprint density at radius 1 is 0.972 bits per heavy atom. The summed E-state index contributed by atoms with van der Waals surface area (Å²) >= 11 is 0. The Morgan fingerprint density at radius 3 is 2.44 bits per heavy atom. The van der Waals surface area contributed by atoms with Crippen LogP contribution in [0, 0.1) is 0 Å². The molecule has 4 unspecified atom stereocenters. The molecule has 0 bridgehead atoms. The van der Waals surface area contributed by atoms with Crippen LogP contribution in [0.25, 0.3) is 0 Å². The predicted octanol–water partition coefficient (Wildman–Crippen LogP) is 4.59. The summed E-state index contributed by atoms with van der Waals surface area (Å²) in [4.78, 5) is 16.4. The molecule has 3 aromatic rings. The monoisotopic (exact) mass is 485 g/mol. The Bertz CT molecular complexity index is 1320. The van der Waals surface area contributed by atoms with Crippen LogP contribution in [0.15, 0.2) is 65.7 Å². The van der Waals surface area contributed by atoms with Crippen LogP contribution in [0.2, 0.25) is 0 Å². The van der Waals surface area contributed by atoms with Crippen molar-refractivity contribution >= 4 is 28.8 Å². The van der Waals surface area contributed by atoms with Crippen molar-refractivity contribution in [3.05, 3.63) is 77.4 Å². The van der Waals surface area contributed by atoms with E-state index in [9.17, 15) is 4.79 Å². The number of nitrogens with one attached hydrogen (secondary N) is 2. The smallest absolute Gasteiger partial charge is 0.265 e. The second-order valence-electron chi connectivity index (χ2n) is 9.40. The van der Waals surface area contributed by atoms with E-state index < -0.39 is 6.10 Å². The molecule has 0 fully saturated rings. The van der Waals surface area contributed by atoms with E-state index in [0.717, 1.165) is 33.8 Å². The van der Waals surface area contributed by atoms with Gasteiger partial charge in [0.1, 0.15) is 23.0 Å². The highest BCUT2D eigenvalue weighted by atomic mass is 16.5. The van der Waals surface area contributed by atoms with Crippen molar-refractivity contribution < 1.29 is 14.3 Å². The lowest BCUT2D eigenvalue weighted by Gasteiger charge is -2.24. The van der Waals surface area contributed by atoms with Crippen LogP contribution >= 0.6 is 0 Å². The van der Waals surface area contributed by atoms with E-state index in [1.165, 1.54) is 0 Å². The first-order valence-electron chi connectivity index (χ1n) is 12.1. The van der Waals surface area contributed by atoms with Gasteiger partial charge in [-0.25, -0.2) is 4.99 Å². The summed E-state index contributed by atoms with van der Waals surface area (Å²) in [5.41, 5.74) is 18.0. The number of hydrogen-bond donors (Lipinski definition) is 4. The molecular weight excluding hydrogens is 454 g/mol. The average Bonchev–Trinajstić information content (AvgIpc) is 2.85. The van der Waals surface area contributed by atoms with Gasteiger partial charge in [-0.05, 0) is 74.2 Å². The van der Waals surface area contributed by atoms with Gasteiger partial charge in [0.25, 0.3) is 5.91 Å². The molecule has 2 aliphatic heterocycles.